The molecule has 0 bridgehead atoms. The van der Waals surface area contributed by atoms with Crippen molar-refractivity contribution in [2.45, 2.75) is 27.7 Å². The van der Waals surface area contributed by atoms with Crippen LogP contribution in [0.3, 0.4) is 0 Å². The fraction of sp³-hybridized carbons (Fsp3) is 0.292. The molecule has 3 rings (SSSR count). The van der Waals surface area contributed by atoms with Crippen molar-refractivity contribution < 1.29 is 19.1 Å². The molecule has 1 fully saturated rings. The lowest BCUT2D eigenvalue weighted by molar-refractivity contribution is -0.122. The van der Waals surface area contributed by atoms with Gasteiger partial charge in [-0.2, -0.15) is 0 Å². The molecule has 1 heterocycles. The number of hydrogen-bond acceptors (Lipinski definition) is 6. The number of anilines is 1. The summed E-state index contributed by atoms with van der Waals surface area (Å²) in [5, 5.41) is 2.84. The van der Waals surface area contributed by atoms with Crippen molar-refractivity contribution in [2.75, 3.05) is 25.1 Å². The molecule has 2 aromatic carbocycles. The number of rotatable bonds is 8. The van der Waals surface area contributed by atoms with Gasteiger partial charge in [-0.15, -0.1) is 0 Å². The topological polar surface area (TPSA) is 67.9 Å². The molecule has 2 amide bonds. The van der Waals surface area contributed by atoms with Crippen LogP contribution >= 0.6 is 39.9 Å². The van der Waals surface area contributed by atoms with Crippen LogP contribution in [0.1, 0.15) is 30.5 Å². The van der Waals surface area contributed by atoms with Crippen molar-refractivity contribution in [3.8, 4) is 11.5 Å². The number of amides is 2. The number of likely N-dealkylation sites (N-methyl/N-ethyl adjacent to an activating group) is 1. The lowest BCUT2D eigenvalue weighted by atomic mass is 10.1. The average Bonchev–Trinajstić information content (AvgIpc) is 3.02. The van der Waals surface area contributed by atoms with E-state index in [1.54, 1.807) is 17.0 Å². The standard InChI is InChI=1S/C24H25BrN2O4S2/c1-5-27-23(29)20(33-24(27)32)12-16-10-18(25)22(19(11-16)30-6-2)31-13-21(28)26-17-8-7-14(3)15(4)9-17/h7-12H,5-6,13H2,1-4H3,(H,26,28)/b20-12-. The quantitative estimate of drug-likeness (QED) is 0.337. The maximum absolute atomic E-state index is 12.5. The summed E-state index contributed by atoms with van der Waals surface area (Å²) in [6.45, 7) is 8.54. The van der Waals surface area contributed by atoms with Crippen LogP contribution < -0.4 is 14.8 Å². The molecule has 0 spiro atoms. The zero-order valence-corrected chi connectivity index (χ0v) is 22.1. The van der Waals surface area contributed by atoms with Gasteiger partial charge in [0.05, 0.1) is 16.0 Å². The third-order valence-electron chi connectivity index (χ3n) is 4.96. The van der Waals surface area contributed by atoms with Crippen LogP contribution in [0.2, 0.25) is 0 Å². The van der Waals surface area contributed by atoms with Crippen LogP contribution in [-0.2, 0) is 9.59 Å². The van der Waals surface area contributed by atoms with Crippen molar-refractivity contribution in [1.29, 1.82) is 0 Å². The number of carbonyl (C=O) groups excluding carboxylic acids is 2. The van der Waals surface area contributed by atoms with Gasteiger partial charge in [-0.25, -0.2) is 0 Å². The number of thioether (sulfide) groups is 1. The van der Waals surface area contributed by atoms with Gasteiger partial charge in [0, 0.05) is 12.2 Å². The van der Waals surface area contributed by atoms with Crippen molar-refractivity contribution in [2.24, 2.45) is 0 Å². The van der Waals surface area contributed by atoms with Gasteiger partial charge in [-0.05, 0) is 90.7 Å². The molecule has 0 atom stereocenters. The Kier molecular flexibility index (Phi) is 8.56. The number of aryl methyl sites for hydroxylation is 2. The SMILES string of the molecule is CCOc1cc(/C=C2\SC(=S)N(CC)C2=O)cc(Br)c1OCC(=O)Nc1ccc(C)c(C)c1. The number of hydrogen-bond donors (Lipinski definition) is 1. The van der Waals surface area contributed by atoms with Gasteiger partial charge in [-0.3, -0.25) is 14.5 Å². The number of benzene rings is 2. The Morgan fingerprint density at radius 2 is 1.94 bits per heavy atom. The van der Waals surface area contributed by atoms with Crippen LogP contribution in [0.5, 0.6) is 11.5 Å². The van der Waals surface area contributed by atoms with Crippen LogP contribution in [0, 0.1) is 13.8 Å². The average molecular weight is 550 g/mol. The fourth-order valence-electron chi connectivity index (χ4n) is 3.15. The summed E-state index contributed by atoms with van der Waals surface area (Å²) in [7, 11) is 0. The minimum atomic E-state index is -0.278. The maximum Gasteiger partial charge on any atom is 0.266 e. The van der Waals surface area contributed by atoms with Crippen molar-refractivity contribution in [3.63, 3.8) is 0 Å². The van der Waals surface area contributed by atoms with E-state index in [9.17, 15) is 9.59 Å². The van der Waals surface area contributed by atoms with E-state index >= 15 is 0 Å². The highest BCUT2D eigenvalue weighted by atomic mass is 79.9. The number of halogens is 1. The van der Waals surface area contributed by atoms with Crippen LogP contribution in [0.25, 0.3) is 6.08 Å². The molecule has 0 radical (unpaired) electrons. The lowest BCUT2D eigenvalue weighted by Crippen LogP contribution is -2.27. The highest BCUT2D eigenvalue weighted by Gasteiger charge is 2.30. The van der Waals surface area contributed by atoms with Crippen LogP contribution in [-0.4, -0.2) is 40.8 Å². The molecule has 6 nitrogen and oxygen atoms in total. The van der Waals surface area contributed by atoms with Gasteiger partial charge in [-0.1, -0.05) is 30.0 Å². The van der Waals surface area contributed by atoms with Crippen LogP contribution in [0.15, 0.2) is 39.7 Å². The number of nitrogens with zero attached hydrogens (tertiary/aromatic N) is 1. The van der Waals surface area contributed by atoms with Crippen molar-refractivity contribution >= 4 is 67.8 Å². The van der Waals surface area contributed by atoms with E-state index in [1.165, 1.54) is 11.8 Å². The van der Waals surface area contributed by atoms with Gasteiger partial charge < -0.3 is 14.8 Å². The molecule has 1 N–H and O–H groups in total. The van der Waals surface area contributed by atoms with E-state index in [2.05, 4.69) is 21.2 Å². The first-order valence-electron chi connectivity index (χ1n) is 10.4. The molecule has 1 aliphatic heterocycles. The summed E-state index contributed by atoms with van der Waals surface area (Å²) >= 11 is 10.1. The van der Waals surface area contributed by atoms with Gasteiger partial charge in [0.1, 0.15) is 4.32 Å². The Bertz CT molecular complexity index is 1130. The minimum absolute atomic E-state index is 0.107. The van der Waals surface area contributed by atoms with Gasteiger partial charge in [0.25, 0.3) is 11.8 Å². The molecule has 0 unspecified atom stereocenters. The molecule has 2 aromatic rings. The van der Waals surface area contributed by atoms with Crippen molar-refractivity contribution in [1.82, 2.24) is 4.90 Å². The second kappa shape index (κ2) is 11.2. The second-order valence-corrected chi connectivity index (χ2v) is 9.85. The maximum atomic E-state index is 12.5. The first kappa shape index (κ1) is 25.3. The molecule has 9 heteroatoms. The predicted octanol–water partition coefficient (Wildman–Crippen LogP) is 5.70. The van der Waals surface area contributed by atoms with E-state index < -0.39 is 0 Å². The summed E-state index contributed by atoms with van der Waals surface area (Å²) in [4.78, 5) is 27.1. The molecular weight excluding hydrogens is 524 g/mol. The zero-order chi connectivity index (χ0) is 24.1. The monoisotopic (exact) mass is 548 g/mol. The summed E-state index contributed by atoms with van der Waals surface area (Å²) in [5.41, 5.74) is 3.73. The first-order valence-corrected chi connectivity index (χ1v) is 12.5. The predicted molar refractivity (Wildman–Crippen MR) is 141 cm³/mol. The Morgan fingerprint density at radius 1 is 1.18 bits per heavy atom. The van der Waals surface area contributed by atoms with E-state index in [0.29, 0.717) is 38.3 Å². The molecule has 0 aliphatic carbocycles. The van der Waals surface area contributed by atoms with Gasteiger partial charge in [0.15, 0.2) is 18.1 Å². The Hall–Kier alpha value is -2.36. The number of nitrogens with one attached hydrogen (secondary N) is 1. The molecule has 1 aliphatic rings. The van der Waals surface area contributed by atoms with Crippen molar-refractivity contribution in [3.05, 3.63) is 56.4 Å². The van der Waals surface area contributed by atoms with E-state index in [1.807, 2.05) is 52.0 Å². The molecular formula is C24H25BrN2O4S2. The zero-order valence-electron chi connectivity index (χ0n) is 18.9. The lowest BCUT2D eigenvalue weighted by Gasteiger charge is -2.15. The third kappa shape index (κ3) is 6.16. The largest absolute Gasteiger partial charge is 0.490 e. The molecule has 1 saturated heterocycles. The summed E-state index contributed by atoms with van der Waals surface area (Å²) < 4.78 is 12.7. The van der Waals surface area contributed by atoms with E-state index in [-0.39, 0.29) is 18.4 Å². The Morgan fingerprint density at radius 3 is 2.58 bits per heavy atom. The summed E-state index contributed by atoms with van der Waals surface area (Å²) in [5.74, 6) is 0.512. The number of ether oxygens (including phenoxy) is 2. The van der Waals surface area contributed by atoms with E-state index in [4.69, 9.17) is 21.7 Å². The molecule has 0 aromatic heterocycles. The van der Waals surface area contributed by atoms with Crippen LogP contribution in [0.4, 0.5) is 5.69 Å². The molecule has 0 saturated carbocycles. The fourth-order valence-corrected chi connectivity index (χ4v) is 5.11. The molecule has 33 heavy (non-hydrogen) atoms. The second-order valence-electron chi connectivity index (χ2n) is 7.32. The third-order valence-corrected chi connectivity index (χ3v) is 6.92. The van der Waals surface area contributed by atoms with Gasteiger partial charge in [0.2, 0.25) is 0 Å². The number of carbonyl (C=O) groups is 2. The minimum Gasteiger partial charge on any atom is -0.490 e. The summed E-state index contributed by atoms with van der Waals surface area (Å²) in [6.07, 6.45) is 1.78. The summed E-state index contributed by atoms with van der Waals surface area (Å²) in [6, 6.07) is 9.34. The first-order chi connectivity index (χ1) is 15.7. The Balaban J connectivity index is 1.76. The normalized spacial score (nSPS) is 14.7. The molecule has 174 valence electrons. The van der Waals surface area contributed by atoms with Gasteiger partial charge >= 0.3 is 0 Å². The smallest absolute Gasteiger partial charge is 0.266 e. The number of thiocarbonyl (C=S) groups is 1. The highest BCUT2D eigenvalue weighted by Crippen LogP contribution is 2.39. The van der Waals surface area contributed by atoms with E-state index in [0.717, 1.165) is 22.4 Å². The Labute approximate surface area is 211 Å². The highest BCUT2D eigenvalue weighted by molar-refractivity contribution is 9.10.